The molecule has 0 saturated carbocycles. The molecule has 2 aromatic carbocycles. The van der Waals surface area contributed by atoms with Gasteiger partial charge in [0.1, 0.15) is 5.75 Å². The first kappa shape index (κ1) is 18.0. The average Bonchev–Trinajstić information content (AvgIpc) is 3.29. The van der Waals surface area contributed by atoms with Crippen molar-refractivity contribution >= 4 is 27.3 Å². The lowest BCUT2D eigenvalue weighted by molar-refractivity contribution is 0.0790. The van der Waals surface area contributed by atoms with E-state index in [9.17, 15) is 4.79 Å². The van der Waals surface area contributed by atoms with Crippen LogP contribution in [0.3, 0.4) is 0 Å². The quantitative estimate of drug-likeness (QED) is 0.743. The fraction of sp³-hybridized carbons (Fsp3) is 0.318. The molecule has 1 saturated heterocycles. The van der Waals surface area contributed by atoms with E-state index in [-0.39, 0.29) is 5.91 Å². The molecule has 0 unspecified atom stereocenters. The summed E-state index contributed by atoms with van der Waals surface area (Å²) >= 11 is 1.57. The van der Waals surface area contributed by atoms with Crippen molar-refractivity contribution in [1.82, 2.24) is 4.90 Å². The van der Waals surface area contributed by atoms with Crippen molar-refractivity contribution in [3.05, 3.63) is 64.5 Å². The van der Waals surface area contributed by atoms with E-state index >= 15 is 0 Å². The molecule has 1 fully saturated rings. The summed E-state index contributed by atoms with van der Waals surface area (Å²) in [4.78, 5) is 16.1. The van der Waals surface area contributed by atoms with Gasteiger partial charge in [0.05, 0.1) is 12.0 Å². The van der Waals surface area contributed by atoms with E-state index in [0.717, 1.165) is 32.8 Å². The molecule has 4 rings (SSSR count). The molecule has 2 heterocycles. The lowest BCUT2D eigenvalue weighted by Gasteiger charge is -2.16. The van der Waals surface area contributed by atoms with Gasteiger partial charge in [-0.2, -0.15) is 0 Å². The second-order valence-corrected chi connectivity index (χ2v) is 8.19. The molecule has 0 bridgehead atoms. The van der Waals surface area contributed by atoms with Gasteiger partial charge >= 0.3 is 0 Å². The highest BCUT2D eigenvalue weighted by molar-refractivity contribution is 7.21. The van der Waals surface area contributed by atoms with E-state index in [0.29, 0.717) is 24.9 Å². The predicted octanol–water partition coefficient (Wildman–Crippen LogP) is 4.03. The van der Waals surface area contributed by atoms with Crippen molar-refractivity contribution in [3.8, 4) is 5.75 Å². The van der Waals surface area contributed by atoms with Crippen molar-refractivity contribution < 1.29 is 9.53 Å². The zero-order chi connectivity index (χ0) is 19.0. The van der Waals surface area contributed by atoms with Gasteiger partial charge < -0.3 is 15.4 Å². The van der Waals surface area contributed by atoms with Crippen LogP contribution in [0.4, 0.5) is 0 Å². The van der Waals surface area contributed by atoms with Crippen LogP contribution in [0, 0.1) is 12.8 Å². The highest BCUT2D eigenvalue weighted by Gasteiger charge is 2.36. The number of carbonyl (C=O) groups is 1. The van der Waals surface area contributed by atoms with Crippen molar-refractivity contribution in [2.24, 2.45) is 11.7 Å². The number of hydrogen-bond acceptors (Lipinski definition) is 4. The van der Waals surface area contributed by atoms with Crippen LogP contribution >= 0.6 is 11.3 Å². The number of amides is 1. The molecule has 27 heavy (non-hydrogen) atoms. The summed E-state index contributed by atoms with van der Waals surface area (Å²) in [6, 6.07) is 16.4. The number of likely N-dealkylation sites (tertiary alicyclic amines) is 1. The number of ether oxygens (including phenoxy) is 1. The Balaban J connectivity index is 1.63. The topological polar surface area (TPSA) is 55.6 Å². The Labute approximate surface area is 163 Å². The summed E-state index contributed by atoms with van der Waals surface area (Å²) in [6.45, 7) is 4.05. The molecule has 2 atom stereocenters. The predicted molar refractivity (Wildman–Crippen MR) is 111 cm³/mol. The third-order valence-corrected chi connectivity index (χ3v) is 6.86. The number of hydrogen-bond donors (Lipinski definition) is 1. The lowest BCUT2D eigenvalue weighted by Crippen LogP contribution is -2.29. The molecular weight excluding hydrogens is 356 g/mol. The summed E-state index contributed by atoms with van der Waals surface area (Å²) < 4.78 is 6.45. The second-order valence-electron chi connectivity index (χ2n) is 7.14. The van der Waals surface area contributed by atoms with Gasteiger partial charge in [0.15, 0.2) is 0 Å². The monoisotopic (exact) mass is 380 g/mol. The van der Waals surface area contributed by atoms with E-state index in [1.165, 1.54) is 5.56 Å². The minimum atomic E-state index is 0.115. The van der Waals surface area contributed by atoms with Gasteiger partial charge in [-0.25, -0.2) is 0 Å². The Hall–Kier alpha value is -2.37. The number of methoxy groups -OCH3 is 1. The Morgan fingerprint density at radius 2 is 2.00 bits per heavy atom. The molecule has 5 heteroatoms. The SMILES string of the molecule is COc1ccc2sc(C(=O)N3C[C@@H](CN)[C@H](c4ccccc4)C3)c(C)c2c1. The molecular formula is C22H24N2O2S. The zero-order valence-corrected chi connectivity index (χ0v) is 16.5. The third kappa shape index (κ3) is 3.22. The largest absolute Gasteiger partial charge is 0.497 e. The Morgan fingerprint density at radius 1 is 1.22 bits per heavy atom. The van der Waals surface area contributed by atoms with Crippen LogP contribution in [0.5, 0.6) is 5.75 Å². The Bertz CT molecular complexity index is 967. The van der Waals surface area contributed by atoms with E-state index < -0.39 is 0 Å². The number of aryl methyl sites for hydroxylation is 1. The van der Waals surface area contributed by atoms with Gasteiger partial charge in [0, 0.05) is 23.7 Å². The molecule has 0 spiro atoms. The summed E-state index contributed by atoms with van der Waals surface area (Å²) in [5, 5.41) is 1.09. The molecule has 4 nitrogen and oxygen atoms in total. The standard InChI is InChI=1S/C22H24N2O2S/c1-14-18-10-17(26-2)8-9-20(18)27-21(14)22(25)24-12-16(11-23)19(13-24)15-6-4-3-5-7-15/h3-10,16,19H,11-13,23H2,1-2H3/t16-,19+/m1/s1. The minimum absolute atomic E-state index is 0.115. The van der Waals surface area contributed by atoms with Gasteiger partial charge in [0.25, 0.3) is 5.91 Å². The van der Waals surface area contributed by atoms with Crippen LogP contribution < -0.4 is 10.5 Å². The molecule has 140 valence electrons. The van der Waals surface area contributed by atoms with Crippen molar-refractivity contribution in [2.45, 2.75) is 12.8 Å². The van der Waals surface area contributed by atoms with E-state index in [2.05, 4.69) is 24.3 Å². The number of carbonyl (C=O) groups excluding carboxylic acids is 1. The van der Waals surface area contributed by atoms with E-state index in [1.54, 1.807) is 18.4 Å². The minimum Gasteiger partial charge on any atom is -0.497 e. The van der Waals surface area contributed by atoms with E-state index in [4.69, 9.17) is 10.5 Å². The number of thiophene rings is 1. The molecule has 3 aromatic rings. The average molecular weight is 381 g/mol. The zero-order valence-electron chi connectivity index (χ0n) is 15.6. The van der Waals surface area contributed by atoms with Crippen LogP contribution in [0.2, 0.25) is 0 Å². The van der Waals surface area contributed by atoms with Gasteiger partial charge in [-0.05, 0) is 54.1 Å². The molecule has 1 amide bonds. The normalized spacial score (nSPS) is 19.6. The van der Waals surface area contributed by atoms with Gasteiger partial charge in [-0.15, -0.1) is 11.3 Å². The van der Waals surface area contributed by atoms with Crippen molar-refractivity contribution in [1.29, 1.82) is 0 Å². The lowest BCUT2D eigenvalue weighted by atomic mass is 9.89. The van der Waals surface area contributed by atoms with E-state index in [1.807, 2.05) is 36.1 Å². The first-order valence-corrected chi connectivity index (χ1v) is 10.1. The first-order valence-electron chi connectivity index (χ1n) is 9.23. The summed E-state index contributed by atoms with van der Waals surface area (Å²) in [7, 11) is 1.66. The Morgan fingerprint density at radius 3 is 2.70 bits per heavy atom. The molecule has 0 aliphatic carbocycles. The molecule has 1 aromatic heterocycles. The van der Waals surface area contributed by atoms with Gasteiger partial charge in [-0.1, -0.05) is 30.3 Å². The van der Waals surface area contributed by atoms with Crippen molar-refractivity contribution in [2.75, 3.05) is 26.7 Å². The number of rotatable bonds is 4. The van der Waals surface area contributed by atoms with Crippen LogP contribution in [0.1, 0.15) is 26.7 Å². The molecule has 2 N–H and O–H groups in total. The smallest absolute Gasteiger partial charge is 0.264 e. The number of nitrogens with two attached hydrogens (primary N) is 1. The first-order chi connectivity index (χ1) is 13.1. The number of fused-ring (bicyclic) bond motifs is 1. The maximum atomic E-state index is 13.3. The maximum Gasteiger partial charge on any atom is 0.264 e. The molecule has 0 radical (unpaired) electrons. The maximum absolute atomic E-state index is 13.3. The van der Waals surface area contributed by atoms with Crippen LogP contribution in [-0.2, 0) is 0 Å². The second kappa shape index (κ2) is 7.33. The highest BCUT2D eigenvalue weighted by Crippen LogP contribution is 2.37. The molecule has 1 aliphatic rings. The van der Waals surface area contributed by atoms with Crippen molar-refractivity contribution in [3.63, 3.8) is 0 Å². The number of benzene rings is 2. The summed E-state index contributed by atoms with van der Waals surface area (Å²) in [5.41, 5.74) is 8.34. The third-order valence-electron chi connectivity index (χ3n) is 5.60. The summed E-state index contributed by atoms with van der Waals surface area (Å²) in [6.07, 6.45) is 0. The van der Waals surface area contributed by atoms with Crippen LogP contribution in [0.15, 0.2) is 48.5 Å². The molecule has 1 aliphatic heterocycles. The van der Waals surface area contributed by atoms with Crippen LogP contribution in [-0.4, -0.2) is 37.6 Å². The fourth-order valence-corrected chi connectivity index (χ4v) is 5.19. The fourth-order valence-electron chi connectivity index (χ4n) is 4.03. The van der Waals surface area contributed by atoms with Gasteiger partial charge in [0.2, 0.25) is 0 Å². The van der Waals surface area contributed by atoms with Gasteiger partial charge in [-0.3, -0.25) is 4.79 Å². The summed E-state index contributed by atoms with van der Waals surface area (Å²) in [5.74, 6) is 1.53. The highest BCUT2D eigenvalue weighted by atomic mass is 32.1. The Kier molecular flexibility index (Phi) is 4.89. The van der Waals surface area contributed by atoms with Crippen LogP contribution in [0.25, 0.3) is 10.1 Å². The number of nitrogens with zero attached hydrogens (tertiary/aromatic N) is 1.